The summed E-state index contributed by atoms with van der Waals surface area (Å²) in [4.78, 5) is 13.8. The largest absolute Gasteiger partial charge is 0.417 e. The Bertz CT molecular complexity index is 801. The third-order valence-electron chi connectivity index (χ3n) is 4.13. The Labute approximate surface area is 140 Å². The Hall–Kier alpha value is -2.08. The second-order valence-corrected chi connectivity index (χ2v) is 6.08. The molecule has 0 saturated carbocycles. The van der Waals surface area contributed by atoms with Crippen LogP contribution >= 0.6 is 11.6 Å². The number of hydrogen-bond donors (Lipinski definition) is 0. The van der Waals surface area contributed by atoms with Gasteiger partial charge in [0, 0.05) is 11.6 Å². The summed E-state index contributed by atoms with van der Waals surface area (Å²) in [6.45, 7) is 1.63. The van der Waals surface area contributed by atoms with E-state index in [2.05, 4.69) is 0 Å². The number of benzene rings is 2. The zero-order valence-electron chi connectivity index (χ0n) is 12.5. The summed E-state index contributed by atoms with van der Waals surface area (Å²) >= 11 is 5.82. The van der Waals surface area contributed by atoms with E-state index in [4.69, 9.17) is 11.6 Å². The lowest BCUT2D eigenvalue weighted by Gasteiger charge is -2.25. The fourth-order valence-corrected chi connectivity index (χ4v) is 3.02. The lowest BCUT2D eigenvalue weighted by Crippen LogP contribution is -2.28. The lowest BCUT2D eigenvalue weighted by atomic mass is 10.0. The van der Waals surface area contributed by atoms with Crippen molar-refractivity contribution in [1.82, 2.24) is 4.90 Å². The third-order valence-corrected chi connectivity index (χ3v) is 4.38. The molecule has 0 unspecified atom stereocenters. The first-order valence-electron chi connectivity index (χ1n) is 7.14. The van der Waals surface area contributed by atoms with Crippen molar-refractivity contribution >= 4 is 17.5 Å². The smallest absolute Gasteiger partial charge is 0.328 e. The first kappa shape index (κ1) is 16.8. The average Bonchev–Trinajstić information content (AvgIpc) is 2.82. The van der Waals surface area contributed by atoms with Crippen molar-refractivity contribution < 1.29 is 22.4 Å². The minimum absolute atomic E-state index is 0.0492. The number of alkyl halides is 3. The highest BCUT2D eigenvalue weighted by Gasteiger charge is 2.42. The van der Waals surface area contributed by atoms with E-state index >= 15 is 0 Å². The molecule has 0 spiro atoms. The van der Waals surface area contributed by atoms with Crippen molar-refractivity contribution in [3.63, 3.8) is 0 Å². The molecule has 2 nitrogen and oxygen atoms in total. The number of rotatable bonds is 2. The van der Waals surface area contributed by atoms with Gasteiger partial charge >= 0.3 is 6.18 Å². The van der Waals surface area contributed by atoms with Crippen LogP contribution in [0.4, 0.5) is 17.6 Å². The summed E-state index contributed by atoms with van der Waals surface area (Å²) in [5.74, 6) is -1.75. The molecule has 0 saturated heterocycles. The molecule has 1 amide bonds. The van der Waals surface area contributed by atoms with E-state index in [1.165, 1.54) is 4.90 Å². The highest BCUT2D eigenvalue weighted by molar-refractivity contribution is 6.30. The topological polar surface area (TPSA) is 20.3 Å². The predicted octanol–water partition coefficient (Wildman–Crippen LogP) is 5.21. The first-order valence-corrected chi connectivity index (χ1v) is 7.52. The van der Waals surface area contributed by atoms with E-state index in [0.717, 1.165) is 11.6 Å². The maximum absolute atomic E-state index is 13.5. The van der Waals surface area contributed by atoms with Crippen LogP contribution in [0, 0.1) is 5.82 Å². The average molecular weight is 358 g/mol. The standard InChI is InChI=1S/C17H12ClF4NO/c1-9(10-2-4-12(18)5-3-10)23-8-11-6-13(19)7-14(17(20,21)22)15(11)16(23)24/h2-7,9H,8H2,1H3/t9-/m0/s1. The van der Waals surface area contributed by atoms with Crippen LogP contribution in [-0.4, -0.2) is 10.8 Å². The van der Waals surface area contributed by atoms with Gasteiger partial charge in [-0.15, -0.1) is 0 Å². The van der Waals surface area contributed by atoms with Gasteiger partial charge in [-0.1, -0.05) is 23.7 Å². The van der Waals surface area contributed by atoms with E-state index in [1.54, 1.807) is 31.2 Å². The van der Waals surface area contributed by atoms with E-state index in [0.29, 0.717) is 11.1 Å². The third kappa shape index (κ3) is 2.86. The molecule has 126 valence electrons. The number of amides is 1. The van der Waals surface area contributed by atoms with E-state index < -0.39 is 35.1 Å². The molecule has 2 aromatic rings. The summed E-state index contributed by atoms with van der Waals surface area (Å²) in [6, 6.07) is 7.57. The van der Waals surface area contributed by atoms with Gasteiger partial charge in [0.1, 0.15) is 5.82 Å². The van der Waals surface area contributed by atoms with Crippen molar-refractivity contribution in [3.8, 4) is 0 Å². The van der Waals surface area contributed by atoms with E-state index in [9.17, 15) is 22.4 Å². The number of fused-ring (bicyclic) bond motifs is 1. The molecule has 0 aliphatic carbocycles. The van der Waals surface area contributed by atoms with Crippen molar-refractivity contribution in [3.05, 3.63) is 69.5 Å². The minimum atomic E-state index is -4.79. The van der Waals surface area contributed by atoms with Crippen LogP contribution in [0.1, 0.15) is 40.0 Å². The van der Waals surface area contributed by atoms with Crippen molar-refractivity contribution in [1.29, 1.82) is 0 Å². The van der Waals surface area contributed by atoms with Crippen molar-refractivity contribution in [2.75, 3.05) is 0 Å². The summed E-state index contributed by atoms with van der Waals surface area (Å²) in [6.07, 6.45) is -4.79. The molecule has 1 heterocycles. The lowest BCUT2D eigenvalue weighted by molar-refractivity contribution is -0.138. The van der Waals surface area contributed by atoms with Gasteiger partial charge in [-0.2, -0.15) is 13.2 Å². The molecular weight excluding hydrogens is 346 g/mol. The maximum Gasteiger partial charge on any atom is 0.417 e. The SMILES string of the molecule is C[C@@H](c1ccc(Cl)cc1)N1Cc2cc(F)cc(C(F)(F)F)c2C1=O. The van der Waals surface area contributed by atoms with Crippen LogP contribution in [0.5, 0.6) is 0 Å². The summed E-state index contributed by atoms with van der Waals surface area (Å²) in [5.41, 5.74) is -0.916. The molecule has 0 bridgehead atoms. The Morgan fingerprint density at radius 1 is 1.17 bits per heavy atom. The molecule has 1 aliphatic heterocycles. The second-order valence-electron chi connectivity index (χ2n) is 5.65. The van der Waals surface area contributed by atoms with Gasteiger partial charge in [0.05, 0.1) is 17.2 Å². The second kappa shape index (κ2) is 5.77. The Morgan fingerprint density at radius 3 is 2.38 bits per heavy atom. The summed E-state index contributed by atoms with van der Waals surface area (Å²) in [7, 11) is 0. The van der Waals surface area contributed by atoms with Crippen LogP contribution in [0.2, 0.25) is 5.02 Å². The summed E-state index contributed by atoms with van der Waals surface area (Å²) in [5, 5.41) is 0.517. The van der Waals surface area contributed by atoms with Crippen molar-refractivity contribution in [2.24, 2.45) is 0 Å². The molecule has 0 N–H and O–H groups in total. The quantitative estimate of drug-likeness (QED) is 0.675. The zero-order valence-corrected chi connectivity index (χ0v) is 13.2. The molecule has 1 aliphatic rings. The predicted molar refractivity (Wildman–Crippen MR) is 81.1 cm³/mol. The van der Waals surface area contributed by atoms with Gasteiger partial charge < -0.3 is 4.90 Å². The molecular formula is C17H12ClF4NO. The van der Waals surface area contributed by atoms with Crippen LogP contribution in [0.3, 0.4) is 0 Å². The number of nitrogens with zero attached hydrogens (tertiary/aromatic N) is 1. The van der Waals surface area contributed by atoms with Gasteiger partial charge in [0.25, 0.3) is 5.91 Å². The van der Waals surface area contributed by atoms with Crippen LogP contribution in [0.25, 0.3) is 0 Å². The molecule has 7 heteroatoms. The number of halogens is 5. The van der Waals surface area contributed by atoms with Crippen LogP contribution in [-0.2, 0) is 12.7 Å². The Kier molecular flexibility index (Phi) is 4.03. The molecule has 0 radical (unpaired) electrons. The molecule has 0 aromatic heterocycles. The fourth-order valence-electron chi connectivity index (χ4n) is 2.90. The Morgan fingerprint density at radius 2 is 1.79 bits per heavy atom. The highest BCUT2D eigenvalue weighted by Crippen LogP contribution is 2.40. The van der Waals surface area contributed by atoms with Gasteiger partial charge in [-0.25, -0.2) is 4.39 Å². The van der Waals surface area contributed by atoms with E-state index in [1.807, 2.05) is 0 Å². The monoisotopic (exact) mass is 357 g/mol. The molecule has 1 atom stereocenters. The number of carbonyl (C=O) groups is 1. The molecule has 3 rings (SSSR count). The van der Waals surface area contributed by atoms with Gasteiger partial charge in [0.15, 0.2) is 0 Å². The van der Waals surface area contributed by atoms with Crippen LogP contribution < -0.4 is 0 Å². The first-order chi connectivity index (χ1) is 11.2. The van der Waals surface area contributed by atoms with Gasteiger partial charge in [-0.05, 0) is 42.3 Å². The highest BCUT2D eigenvalue weighted by atomic mass is 35.5. The Balaban J connectivity index is 2.01. The molecule has 24 heavy (non-hydrogen) atoms. The molecule has 0 fully saturated rings. The normalized spacial score (nSPS) is 15.6. The van der Waals surface area contributed by atoms with Crippen LogP contribution in [0.15, 0.2) is 36.4 Å². The van der Waals surface area contributed by atoms with Gasteiger partial charge in [-0.3, -0.25) is 4.79 Å². The number of carbonyl (C=O) groups excluding carboxylic acids is 1. The minimum Gasteiger partial charge on any atom is -0.328 e. The fraction of sp³-hybridized carbons (Fsp3) is 0.235. The zero-order chi connectivity index (χ0) is 17.6. The maximum atomic E-state index is 13.5. The summed E-state index contributed by atoms with van der Waals surface area (Å²) < 4.78 is 53.0. The van der Waals surface area contributed by atoms with E-state index in [-0.39, 0.29) is 12.1 Å². The molecule has 2 aromatic carbocycles. The van der Waals surface area contributed by atoms with Gasteiger partial charge in [0.2, 0.25) is 0 Å². The number of hydrogen-bond acceptors (Lipinski definition) is 1. The van der Waals surface area contributed by atoms with Crippen molar-refractivity contribution in [2.45, 2.75) is 25.7 Å².